The number of anilines is 1. The molecule has 1 amide bonds. The van der Waals surface area contributed by atoms with Crippen LogP contribution in [0.5, 0.6) is 0 Å². The molecule has 0 aromatic heterocycles. The standard InChI is InChI=1S/C18H25N3O2/c1-18(2,3)23-17(22)21-11-6-8-15(10-12-21)20-16-9-5-4-7-14(16)13-19/h4-5,7,9,15,20H,6,8,10-12H2,1-3H3. The third kappa shape index (κ3) is 5.17. The molecule has 124 valence electrons. The Balaban J connectivity index is 1.94. The molecular formula is C18H25N3O2. The van der Waals surface area contributed by atoms with Crippen LogP contribution in [-0.4, -0.2) is 35.7 Å². The highest BCUT2D eigenvalue weighted by atomic mass is 16.6. The first kappa shape index (κ1) is 17.1. The highest BCUT2D eigenvalue weighted by Crippen LogP contribution is 2.21. The van der Waals surface area contributed by atoms with Crippen LogP contribution in [0.4, 0.5) is 10.5 Å². The van der Waals surface area contributed by atoms with Crippen molar-refractivity contribution in [2.45, 2.75) is 51.7 Å². The number of hydrogen-bond donors (Lipinski definition) is 1. The number of rotatable bonds is 2. The normalized spacial score (nSPS) is 18.7. The minimum absolute atomic E-state index is 0.240. The van der Waals surface area contributed by atoms with E-state index in [1.54, 1.807) is 4.90 Å². The second-order valence-electron chi connectivity index (χ2n) is 6.90. The maximum Gasteiger partial charge on any atom is 0.410 e. The molecule has 0 spiro atoms. The largest absolute Gasteiger partial charge is 0.444 e. The van der Waals surface area contributed by atoms with Gasteiger partial charge in [0.2, 0.25) is 0 Å². The molecule has 2 rings (SSSR count). The number of likely N-dealkylation sites (tertiary alicyclic amines) is 1. The number of carbonyl (C=O) groups is 1. The number of nitrogens with one attached hydrogen (secondary N) is 1. The van der Waals surface area contributed by atoms with Gasteiger partial charge in [-0.25, -0.2) is 4.79 Å². The van der Waals surface area contributed by atoms with Crippen molar-refractivity contribution in [1.82, 2.24) is 4.90 Å². The summed E-state index contributed by atoms with van der Waals surface area (Å²) in [6.07, 6.45) is 2.50. The zero-order chi connectivity index (χ0) is 16.9. The summed E-state index contributed by atoms with van der Waals surface area (Å²) < 4.78 is 5.45. The number of amides is 1. The monoisotopic (exact) mass is 315 g/mol. The topological polar surface area (TPSA) is 65.4 Å². The number of benzene rings is 1. The van der Waals surface area contributed by atoms with Gasteiger partial charge in [0.25, 0.3) is 0 Å². The fourth-order valence-electron chi connectivity index (χ4n) is 2.68. The lowest BCUT2D eigenvalue weighted by atomic mass is 10.1. The highest BCUT2D eigenvalue weighted by molar-refractivity contribution is 5.68. The summed E-state index contributed by atoms with van der Waals surface area (Å²) in [7, 11) is 0. The van der Waals surface area contributed by atoms with E-state index >= 15 is 0 Å². The summed E-state index contributed by atoms with van der Waals surface area (Å²) in [5.41, 5.74) is 1.05. The predicted octanol–water partition coefficient (Wildman–Crippen LogP) is 3.76. The summed E-state index contributed by atoms with van der Waals surface area (Å²) in [6, 6.07) is 9.99. The zero-order valence-corrected chi connectivity index (χ0v) is 14.1. The van der Waals surface area contributed by atoms with Crippen LogP contribution in [0.25, 0.3) is 0 Å². The van der Waals surface area contributed by atoms with Crippen molar-refractivity contribution < 1.29 is 9.53 Å². The molecule has 1 saturated heterocycles. The van der Waals surface area contributed by atoms with Crippen LogP contribution in [0.1, 0.15) is 45.6 Å². The summed E-state index contributed by atoms with van der Waals surface area (Å²) in [6.45, 7) is 7.03. The van der Waals surface area contributed by atoms with E-state index in [0.717, 1.165) is 24.9 Å². The maximum absolute atomic E-state index is 12.2. The third-order valence-electron chi connectivity index (χ3n) is 3.79. The van der Waals surface area contributed by atoms with Crippen molar-refractivity contribution in [1.29, 1.82) is 5.26 Å². The average Bonchev–Trinajstić information content (AvgIpc) is 2.72. The van der Waals surface area contributed by atoms with E-state index in [-0.39, 0.29) is 12.1 Å². The predicted molar refractivity (Wildman–Crippen MR) is 90.2 cm³/mol. The molecule has 1 unspecified atom stereocenters. The van der Waals surface area contributed by atoms with Crippen molar-refractivity contribution >= 4 is 11.8 Å². The van der Waals surface area contributed by atoms with Crippen LogP contribution in [0.3, 0.4) is 0 Å². The molecule has 0 radical (unpaired) electrons. The minimum atomic E-state index is -0.466. The van der Waals surface area contributed by atoms with E-state index in [2.05, 4.69) is 11.4 Å². The Morgan fingerprint density at radius 2 is 2.04 bits per heavy atom. The molecule has 5 nitrogen and oxygen atoms in total. The van der Waals surface area contributed by atoms with Crippen LogP contribution in [0.15, 0.2) is 24.3 Å². The van der Waals surface area contributed by atoms with Gasteiger partial charge in [0.05, 0.1) is 11.3 Å². The molecule has 23 heavy (non-hydrogen) atoms. The van der Waals surface area contributed by atoms with Gasteiger partial charge in [0.1, 0.15) is 11.7 Å². The van der Waals surface area contributed by atoms with Gasteiger partial charge in [-0.05, 0) is 52.2 Å². The van der Waals surface area contributed by atoms with Crippen molar-refractivity contribution in [3.8, 4) is 6.07 Å². The molecule has 5 heteroatoms. The van der Waals surface area contributed by atoms with Gasteiger partial charge in [-0.1, -0.05) is 12.1 Å². The lowest BCUT2D eigenvalue weighted by Crippen LogP contribution is -2.37. The number of hydrogen-bond acceptors (Lipinski definition) is 4. The molecule has 1 N–H and O–H groups in total. The lowest BCUT2D eigenvalue weighted by Gasteiger charge is -2.26. The molecule has 0 bridgehead atoms. The molecule has 0 aliphatic carbocycles. The van der Waals surface area contributed by atoms with Gasteiger partial charge >= 0.3 is 6.09 Å². The Labute approximate surface area is 138 Å². The first-order chi connectivity index (χ1) is 10.9. The van der Waals surface area contributed by atoms with Crippen LogP contribution < -0.4 is 5.32 Å². The Morgan fingerprint density at radius 3 is 2.74 bits per heavy atom. The van der Waals surface area contributed by atoms with Crippen molar-refractivity contribution in [3.63, 3.8) is 0 Å². The van der Waals surface area contributed by atoms with E-state index in [0.29, 0.717) is 18.7 Å². The molecule has 1 heterocycles. The van der Waals surface area contributed by atoms with E-state index < -0.39 is 5.60 Å². The van der Waals surface area contributed by atoms with Gasteiger partial charge in [0, 0.05) is 19.1 Å². The first-order valence-electron chi connectivity index (χ1n) is 8.12. The van der Waals surface area contributed by atoms with Gasteiger partial charge in [-0.2, -0.15) is 5.26 Å². The van der Waals surface area contributed by atoms with Crippen molar-refractivity contribution in [2.24, 2.45) is 0 Å². The molecule has 1 aliphatic rings. The van der Waals surface area contributed by atoms with Crippen LogP contribution in [0.2, 0.25) is 0 Å². The maximum atomic E-state index is 12.2. The highest BCUT2D eigenvalue weighted by Gasteiger charge is 2.25. The Bertz CT molecular complexity index is 587. The summed E-state index contributed by atoms with van der Waals surface area (Å²) in [5.74, 6) is 0. The van der Waals surface area contributed by atoms with E-state index in [1.165, 1.54) is 0 Å². The fourth-order valence-corrected chi connectivity index (χ4v) is 2.68. The van der Waals surface area contributed by atoms with Crippen LogP contribution in [-0.2, 0) is 4.74 Å². The number of ether oxygens (including phenoxy) is 1. The second kappa shape index (κ2) is 7.36. The van der Waals surface area contributed by atoms with Gasteiger partial charge in [-0.3, -0.25) is 0 Å². The average molecular weight is 315 g/mol. The summed E-state index contributed by atoms with van der Waals surface area (Å²) in [4.78, 5) is 14.0. The Morgan fingerprint density at radius 1 is 1.30 bits per heavy atom. The van der Waals surface area contributed by atoms with Gasteiger partial charge in [-0.15, -0.1) is 0 Å². The van der Waals surface area contributed by atoms with Gasteiger partial charge < -0.3 is 15.0 Å². The number of carbonyl (C=O) groups excluding carboxylic acids is 1. The molecule has 1 fully saturated rings. The van der Waals surface area contributed by atoms with E-state index in [1.807, 2.05) is 45.0 Å². The minimum Gasteiger partial charge on any atom is -0.444 e. The number of para-hydroxylation sites is 1. The smallest absolute Gasteiger partial charge is 0.410 e. The second-order valence-corrected chi connectivity index (χ2v) is 6.90. The lowest BCUT2D eigenvalue weighted by molar-refractivity contribution is 0.0256. The molecule has 1 aromatic carbocycles. The number of nitriles is 1. The van der Waals surface area contributed by atoms with E-state index in [9.17, 15) is 4.79 Å². The van der Waals surface area contributed by atoms with Crippen LogP contribution in [0, 0.1) is 11.3 Å². The summed E-state index contributed by atoms with van der Waals surface area (Å²) >= 11 is 0. The quantitative estimate of drug-likeness (QED) is 0.902. The van der Waals surface area contributed by atoms with Gasteiger partial charge in [0.15, 0.2) is 0 Å². The SMILES string of the molecule is CC(C)(C)OC(=O)N1CCCC(Nc2ccccc2C#N)CC1. The third-order valence-corrected chi connectivity index (χ3v) is 3.79. The Kier molecular flexibility index (Phi) is 5.49. The zero-order valence-electron chi connectivity index (χ0n) is 14.1. The fraction of sp³-hybridized carbons (Fsp3) is 0.556. The number of nitrogens with zero attached hydrogens (tertiary/aromatic N) is 2. The molecule has 0 saturated carbocycles. The summed E-state index contributed by atoms with van der Waals surface area (Å²) in [5, 5.41) is 12.6. The molecular weight excluding hydrogens is 290 g/mol. The first-order valence-corrected chi connectivity index (χ1v) is 8.12. The Hall–Kier alpha value is -2.22. The molecule has 1 atom stereocenters. The molecule has 1 aliphatic heterocycles. The van der Waals surface area contributed by atoms with Crippen molar-refractivity contribution in [3.05, 3.63) is 29.8 Å². The van der Waals surface area contributed by atoms with E-state index in [4.69, 9.17) is 10.00 Å². The van der Waals surface area contributed by atoms with Crippen LogP contribution >= 0.6 is 0 Å². The van der Waals surface area contributed by atoms with Crippen molar-refractivity contribution in [2.75, 3.05) is 18.4 Å². The molecule has 1 aromatic rings.